The molecule has 3 nitrogen and oxygen atoms in total. The van der Waals surface area contributed by atoms with E-state index in [9.17, 15) is 0 Å². The number of aromatic nitrogens is 1. The number of anilines is 1. The summed E-state index contributed by atoms with van der Waals surface area (Å²) < 4.78 is 0. The smallest absolute Gasteiger partial charge is 0.129 e. The van der Waals surface area contributed by atoms with E-state index >= 15 is 0 Å². The molecule has 0 spiro atoms. The van der Waals surface area contributed by atoms with Gasteiger partial charge in [0.05, 0.1) is 12.1 Å². The van der Waals surface area contributed by atoms with Gasteiger partial charge in [0.2, 0.25) is 0 Å². The summed E-state index contributed by atoms with van der Waals surface area (Å²) in [4.78, 5) is 6.73. The van der Waals surface area contributed by atoms with E-state index in [1.54, 1.807) is 0 Å². The fraction of sp³-hybridized carbons (Fsp3) is 0.357. The zero-order chi connectivity index (χ0) is 12.3. The van der Waals surface area contributed by atoms with Gasteiger partial charge in [-0.25, -0.2) is 4.98 Å². The van der Waals surface area contributed by atoms with E-state index in [0.29, 0.717) is 12.6 Å². The average Bonchev–Trinajstić information content (AvgIpc) is 2.35. The van der Waals surface area contributed by atoms with Crippen molar-refractivity contribution in [2.75, 3.05) is 18.1 Å². The normalized spacial score (nSPS) is 11.1. The molecular formula is C14H18N2O. The first kappa shape index (κ1) is 11.9. The van der Waals surface area contributed by atoms with Crippen molar-refractivity contribution in [2.45, 2.75) is 19.9 Å². The third-order valence-electron chi connectivity index (χ3n) is 2.84. The molecule has 0 saturated carbocycles. The highest BCUT2D eigenvalue weighted by Crippen LogP contribution is 2.19. The highest BCUT2D eigenvalue weighted by atomic mass is 16.3. The number of nitrogens with zero attached hydrogens (tertiary/aromatic N) is 2. The van der Waals surface area contributed by atoms with Crippen LogP contribution in [0.1, 0.15) is 13.8 Å². The number of hydrogen-bond acceptors (Lipinski definition) is 3. The molecule has 3 heteroatoms. The number of aliphatic hydroxyl groups is 1. The van der Waals surface area contributed by atoms with E-state index in [4.69, 9.17) is 5.11 Å². The lowest BCUT2D eigenvalue weighted by Crippen LogP contribution is -2.34. The van der Waals surface area contributed by atoms with Crippen LogP contribution in [-0.4, -0.2) is 29.3 Å². The molecule has 0 saturated heterocycles. The van der Waals surface area contributed by atoms with Gasteiger partial charge in [-0.1, -0.05) is 18.2 Å². The van der Waals surface area contributed by atoms with Crippen molar-refractivity contribution in [1.29, 1.82) is 0 Å². The number of rotatable bonds is 4. The lowest BCUT2D eigenvalue weighted by molar-refractivity contribution is 0.298. The van der Waals surface area contributed by atoms with Crippen LogP contribution in [0.2, 0.25) is 0 Å². The van der Waals surface area contributed by atoms with Gasteiger partial charge >= 0.3 is 0 Å². The fourth-order valence-electron chi connectivity index (χ4n) is 1.96. The molecule has 2 rings (SSSR count). The van der Waals surface area contributed by atoms with Gasteiger partial charge in [0.25, 0.3) is 0 Å². The summed E-state index contributed by atoms with van der Waals surface area (Å²) in [7, 11) is 0. The summed E-state index contributed by atoms with van der Waals surface area (Å²) >= 11 is 0. The minimum Gasteiger partial charge on any atom is -0.395 e. The summed E-state index contributed by atoms with van der Waals surface area (Å²) in [5.41, 5.74) is 0.994. The molecule has 1 aromatic carbocycles. The number of benzene rings is 1. The molecule has 0 aliphatic heterocycles. The molecule has 0 fully saturated rings. The minimum absolute atomic E-state index is 0.146. The zero-order valence-corrected chi connectivity index (χ0v) is 10.3. The molecule has 0 aliphatic carbocycles. The molecule has 0 bridgehead atoms. The zero-order valence-electron chi connectivity index (χ0n) is 10.3. The Morgan fingerprint density at radius 3 is 2.65 bits per heavy atom. The third-order valence-corrected chi connectivity index (χ3v) is 2.84. The summed E-state index contributed by atoms with van der Waals surface area (Å²) in [5, 5.41) is 10.2. The summed E-state index contributed by atoms with van der Waals surface area (Å²) in [6.45, 7) is 4.97. The summed E-state index contributed by atoms with van der Waals surface area (Å²) in [6.07, 6.45) is 0. The van der Waals surface area contributed by atoms with E-state index in [2.05, 4.69) is 35.9 Å². The topological polar surface area (TPSA) is 36.4 Å². The predicted molar refractivity (Wildman–Crippen MR) is 71.3 cm³/mol. The Hall–Kier alpha value is -1.61. The molecule has 0 amide bonds. The number of fused-ring (bicyclic) bond motifs is 1. The number of hydrogen-bond donors (Lipinski definition) is 1. The van der Waals surface area contributed by atoms with Crippen LogP contribution in [-0.2, 0) is 0 Å². The predicted octanol–water partition coefficient (Wildman–Crippen LogP) is 2.44. The second kappa shape index (κ2) is 5.15. The standard InChI is InChI=1S/C14H18N2O/c1-11(2)16(9-10-17)14-8-7-12-5-3-4-6-13(12)15-14/h3-8,11,17H,9-10H2,1-2H3. The van der Waals surface area contributed by atoms with Crippen LogP contribution in [0.5, 0.6) is 0 Å². The average molecular weight is 230 g/mol. The first-order valence-corrected chi connectivity index (χ1v) is 5.95. The molecule has 90 valence electrons. The second-order valence-corrected chi connectivity index (χ2v) is 4.37. The Morgan fingerprint density at radius 1 is 1.18 bits per heavy atom. The van der Waals surface area contributed by atoms with Crippen molar-refractivity contribution in [2.24, 2.45) is 0 Å². The molecule has 17 heavy (non-hydrogen) atoms. The van der Waals surface area contributed by atoms with Crippen LogP contribution < -0.4 is 4.90 Å². The largest absolute Gasteiger partial charge is 0.395 e. The van der Waals surface area contributed by atoms with Crippen LogP contribution in [0, 0.1) is 0 Å². The lowest BCUT2D eigenvalue weighted by atomic mass is 10.2. The highest BCUT2D eigenvalue weighted by Gasteiger charge is 2.11. The molecule has 2 aromatic rings. The van der Waals surface area contributed by atoms with Gasteiger partial charge < -0.3 is 10.0 Å². The van der Waals surface area contributed by atoms with Gasteiger partial charge in [-0.05, 0) is 32.0 Å². The van der Waals surface area contributed by atoms with E-state index in [1.165, 1.54) is 0 Å². The van der Waals surface area contributed by atoms with Crippen LogP contribution in [0.4, 0.5) is 5.82 Å². The van der Waals surface area contributed by atoms with Crippen LogP contribution in [0.15, 0.2) is 36.4 Å². The minimum atomic E-state index is 0.146. The SMILES string of the molecule is CC(C)N(CCO)c1ccc2ccccc2n1. The molecule has 0 unspecified atom stereocenters. The Kier molecular flexibility index (Phi) is 3.59. The van der Waals surface area contributed by atoms with Crippen LogP contribution in [0.3, 0.4) is 0 Å². The van der Waals surface area contributed by atoms with Crippen molar-refractivity contribution in [3.8, 4) is 0 Å². The van der Waals surface area contributed by atoms with Gasteiger partial charge in [-0.2, -0.15) is 0 Å². The number of para-hydroxylation sites is 1. The van der Waals surface area contributed by atoms with Crippen LogP contribution >= 0.6 is 0 Å². The quantitative estimate of drug-likeness (QED) is 0.876. The van der Waals surface area contributed by atoms with E-state index in [1.807, 2.05) is 24.3 Å². The van der Waals surface area contributed by atoms with Crippen molar-refractivity contribution in [3.63, 3.8) is 0 Å². The van der Waals surface area contributed by atoms with Crippen molar-refractivity contribution in [1.82, 2.24) is 4.98 Å². The maximum absolute atomic E-state index is 9.09. The maximum Gasteiger partial charge on any atom is 0.129 e. The van der Waals surface area contributed by atoms with Crippen LogP contribution in [0.25, 0.3) is 10.9 Å². The Labute approximate surface area is 102 Å². The van der Waals surface area contributed by atoms with E-state index < -0.39 is 0 Å². The fourth-order valence-corrected chi connectivity index (χ4v) is 1.96. The van der Waals surface area contributed by atoms with Gasteiger partial charge in [0.15, 0.2) is 0 Å². The molecule has 0 atom stereocenters. The number of pyridine rings is 1. The summed E-state index contributed by atoms with van der Waals surface area (Å²) in [5.74, 6) is 0.924. The van der Waals surface area contributed by atoms with E-state index in [0.717, 1.165) is 16.7 Å². The molecule has 1 N–H and O–H groups in total. The third kappa shape index (κ3) is 2.56. The van der Waals surface area contributed by atoms with Crippen molar-refractivity contribution >= 4 is 16.7 Å². The number of aliphatic hydroxyl groups excluding tert-OH is 1. The highest BCUT2D eigenvalue weighted by molar-refractivity contribution is 5.80. The van der Waals surface area contributed by atoms with Gasteiger partial charge in [-0.15, -0.1) is 0 Å². The molecular weight excluding hydrogens is 212 g/mol. The molecule has 0 radical (unpaired) electrons. The molecule has 1 aromatic heterocycles. The van der Waals surface area contributed by atoms with Gasteiger partial charge in [0.1, 0.15) is 5.82 Å². The lowest BCUT2D eigenvalue weighted by Gasteiger charge is -2.27. The first-order valence-electron chi connectivity index (χ1n) is 5.95. The van der Waals surface area contributed by atoms with E-state index in [-0.39, 0.29) is 6.61 Å². The Bertz CT molecular complexity index is 496. The Balaban J connectivity index is 2.40. The van der Waals surface area contributed by atoms with Gasteiger partial charge in [0, 0.05) is 18.0 Å². The molecule has 1 heterocycles. The van der Waals surface area contributed by atoms with Crippen molar-refractivity contribution in [3.05, 3.63) is 36.4 Å². The Morgan fingerprint density at radius 2 is 1.94 bits per heavy atom. The van der Waals surface area contributed by atoms with Crippen molar-refractivity contribution < 1.29 is 5.11 Å². The summed E-state index contributed by atoms with van der Waals surface area (Å²) in [6, 6.07) is 12.5. The van der Waals surface area contributed by atoms with Gasteiger partial charge in [-0.3, -0.25) is 0 Å². The maximum atomic E-state index is 9.09. The molecule has 0 aliphatic rings. The second-order valence-electron chi connectivity index (χ2n) is 4.37. The monoisotopic (exact) mass is 230 g/mol. The first-order chi connectivity index (χ1) is 8.22.